The van der Waals surface area contributed by atoms with Crippen LogP contribution in [0.4, 0.5) is 0 Å². The summed E-state index contributed by atoms with van der Waals surface area (Å²) in [5, 5.41) is 5.34. The number of thioether (sulfide) groups is 1. The van der Waals surface area contributed by atoms with Crippen molar-refractivity contribution in [1.29, 1.82) is 0 Å². The molecule has 1 saturated heterocycles. The van der Waals surface area contributed by atoms with Crippen LogP contribution in [-0.4, -0.2) is 34.9 Å². The third-order valence-corrected chi connectivity index (χ3v) is 5.15. The van der Waals surface area contributed by atoms with Crippen molar-refractivity contribution in [2.45, 2.75) is 24.8 Å². The molecule has 1 atom stereocenters. The first-order chi connectivity index (χ1) is 8.03. The lowest BCUT2D eigenvalue weighted by Gasteiger charge is -2.32. The molecular weight excluding hydrogens is 252 g/mol. The summed E-state index contributed by atoms with van der Waals surface area (Å²) in [6.45, 7) is 5.58. The zero-order chi connectivity index (χ0) is 12.5. The smallest absolute Gasteiger partial charge is 0.238 e. The fourth-order valence-corrected chi connectivity index (χ4v) is 2.97. The molecule has 0 saturated carbocycles. The van der Waals surface area contributed by atoms with Gasteiger partial charge in [0, 0.05) is 16.2 Å². The monoisotopic (exact) mass is 270 g/mol. The molecule has 1 fully saturated rings. The predicted octanol–water partition coefficient (Wildman–Crippen LogP) is 2.32. The molecule has 1 amide bonds. The zero-order valence-electron chi connectivity index (χ0n) is 10.4. The molecule has 0 aliphatic carbocycles. The summed E-state index contributed by atoms with van der Waals surface area (Å²) >= 11 is 3.49. The Morgan fingerprint density at radius 2 is 2.41 bits per heavy atom. The second-order valence-electron chi connectivity index (χ2n) is 4.78. The summed E-state index contributed by atoms with van der Waals surface area (Å²) in [5.41, 5.74) is 0. The summed E-state index contributed by atoms with van der Waals surface area (Å²) in [5.74, 6) is 0.200. The maximum absolute atomic E-state index is 11.9. The van der Waals surface area contributed by atoms with Crippen LogP contribution in [0.2, 0.25) is 0 Å². The molecule has 0 radical (unpaired) electrons. The van der Waals surface area contributed by atoms with E-state index in [1.165, 1.54) is 4.88 Å². The Kier molecular flexibility index (Phi) is 3.80. The molecule has 1 aliphatic rings. The Morgan fingerprint density at radius 1 is 1.65 bits per heavy atom. The van der Waals surface area contributed by atoms with E-state index < -0.39 is 0 Å². The first-order valence-electron chi connectivity index (χ1n) is 5.65. The van der Waals surface area contributed by atoms with E-state index in [1.807, 2.05) is 11.0 Å². The summed E-state index contributed by atoms with van der Waals surface area (Å²) < 4.78 is 0.0944. The predicted molar refractivity (Wildman–Crippen MR) is 74.4 cm³/mol. The maximum atomic E-state index is 11.9. The van der Waals surface area contributed by atoms with Crippen molar-refractivity contribution >= 4 is 29.0 Å². The third-order valence-electron chi connectivity index (χ3n) is 3.00. The van der Waals surface area contributed by atoms with Gasteiger partial charge in [0.15, 0.2) is 0 Å². The van der Waals surface area contributed by atoms with Crippen LogP contribution in [0.5, 0.6) is 0 Å². The number of hydrogen-bond acceptors (Lipinski definition) is 4. The molecule has 3 nitrogen and oxygen atoms in total. The Hall–Kier alpha value is -0.520. The first-order valence-corrected chi connectivity index (χ1v) is 7.75. The summed E-state index contributed by atoms with van der Waals surface area (Å²) in [7, 11) is 0. The molecule has 0 bridgehead atoms. The van der Waals surface area contributed by atoms with Crippen molar-refractivity contribution in [3.8, 4) is 0 Å². The average Bonchev–Trinajstić information content (AvgIpc) is 2.90. The van der Waals surface area contributed by atoms with Crippen LogP contribution in [0.3, 0.4) is 0 Å². The van der Waals surface area contributed by atoms with Crippen LogP contribution in [0.25, 0.3) is 0 Å². The average molecular weight is 270 g/mol. The van der Waals surface area contributed by atoms with E-state index in [1.54, 1.807) is 23.1 Å². The van der Waals surface area contributed by atoms with Crippen LogP contribution in [-0.2, 0) is 4.79 Å². The number of thiophene rings is 1. The van der Waals surface area contributed by atoms with E-state index >= 15 is 0 Å². The lowest BCUT2D eigenvalue weighted by molar-refractivity contribution is -0.128. The van der Waals surface area contributed by atoms with Crippen LogP contribution < -0.4 is 5.32 Å². The topological polar surface area (TPSA) is 32.3 Å². The van der Waals surface area contributed by atoms with Crippen LogP contribution in [0.15, 0.2) is 17.5 Å². The molecule has 0 spiro atoms. The van der Waals surface area contributed by atoms with Gasteiger partial charge in [-0.3, -0.25) is 10.1 Å². The summed E-state index contributed by atoms with van der Waals surface area (Å²) in [4.78, 5) is 15.1. The highest BCUT2D eigenvalue weighted by molar-refractivity contribution is 7.99. The van der Waals surface area contributed by atoms with Gasteiger partial charge in [-0.1, -0.05) is 6.07 Å². The minimum absolute atomic E-state index is 0.0638. The van der Waals surface area contributed by atoms with E-state index in [9.17, 15) is 4.79 Å². The first kappa shape index (κ1) is 12.9. The summed E-state index contributed by atoms with van der Waals surface area (Å²) in [6.07, 6.45) is 2.16. The van der Waals surface area contributed by atoms with Gasteiger partial charge < -0.3 is 4.90 Å². The Balaban J connectivity index is 2.15. The molecule has 17 heavy (non-hydrogen) atoms. The molecule has 1 unspecified atom stereocenters. The lowest BCUT2D eigenvalue weighted by Crippen LogP contribution is -2.39. The number of carbonyl (C=O) groups excluding carboxylic acids is 1. The molecule has 0 aromatic carbocycles. The lowest BCUT2D eigenvalue weighted by atomic mass is 10.2. The fourth-order valence-electron chi connectivity index (χ4n) is 1.89. The second kappa shape index (κ2) is 5.00. The number of hydrogen-bond donors (Lipinski definition) is 1. The van der Waals surface area contributed by atoms with E-state index in [0.717, 1.165) is 6.54 Å². The van der Waals surface area contributed by atoms with Crippen LogP contribution in [0.1, 0.15) is 24.9 Å². The Labute approximate surface area is 111 Å². The van der Waals surface area contributed by atoms with Gasteiger partial charge in [0.2, 0.25) is 5.91 Å². The highest BCUT2D eigenvalue weighted by atomic mass is 32.2. The molecule has 1 aromatic heterocycles. The van der Waals surface area contributed by atoms with Gasteiger partial charge in [0.25, 0.3) is 0 Å². The van der Waals surface area contributed by atoms with Gasteiger partial charge in [-0.05, 0) is 31.5 Å². The minimum atomic E-state index is 0.0638. The van der Waals surface area contributed by atoms with Gasteiger partial charge in [-0.25, -0.2) is 0 Å². The van der Waals surface area contributed by atoms with E-state index in [0.29, 0.717) is 6.54 Å². The summed E-state index contributed by atoms with van der Waals surface area (Å²) in [6, 6.07) is 4.11. The molecule has 2 heterocycles. The number of nitrogens with one attached hydrogen (secondary N) is 1. The molecule has 1 N–H and O–H groups in total. The molecule has 2 rings (SSSR count). The maximum Gasteiger partial charge on any atom is 0.238 e. The van der Waals surface area contributed by atoms with Crippen molar-refractivity contribution in [2.24, 2.45) is 0 Å². The Bertz CT molecular complexity index is 389. The SMILES string of the molecule is CSC(C)(C)CN1C(=O)CNC1c1cccs1. The number of amides is 1. The highest BCUT2D eigenvalue weighted by Crippen LogP contribution is 2.31. The van der Waals surface area contributed by atoms with Gasteiger partial charge in [-0.15, -0.1) is 11.3 Å². The van der Waals surface area contributed by atoms with Crippen molar-refractivity contribution < 1.29 is 4.79 Å². The molecule has 94 valence electrons. The number of carbonyl (C=O) groups is 1. The minimum Gasteiger partial charge on any atom is -0.320 e. The second-order valence-corrected chi connectivity index (χ2v) is 7.28. The zero-order valence-corrected chi connectivity index (χ0v) is 12.0. The van der Waals surface area contributed by atoms with Crippen molar-refractivity contribution in [2.75, 3.05) is 19.3 Å². The quantitative estimate of drug-likeness (QED) is 0.911. The van der Waals surface area contributed by atoms with Crippen molar-refractivity contribution in [1.82, 2.24) is 10.2 Å². The number of rotatable bonds is 4. The van der Waals surface area contributed by atoms with Crippen LogP contribution >= 0.6 is 23.1 Å². The van der Waals surface area contributed by atoms with Gasteiger partial charge in [0.05, 0.1) is 6.54 Å². The molecule has 5 heteroatoms. The van der Waals surface area contributed by atoms with E-state index in [4.69, 9.17) is 0 Å². The molecular formula is C12H18N2OS2. The van der Waals surface area contributed by atoms with Crippen molar-refractivity contribution in [3.05, 3.63) is 22.4 Å². The normalized spacial score (nSPS) is 21.2. The van der Waals surface area contributed by atoms with E-state index in [-0.39, 0.29) is 16.8 Å². The van der Waals surface area contributed by atoms with Gasteiger partial charge in [-0.2, -0.15) is 11.8 Å². The molecule has 1 aromatic rings. The largest absolute Gasteiger partial charge is 0.320 e. The third kappa shape index (κ3) is 2.84. The van der Waals surface area contributed by atoms with E-state index in [2.05, 4.69) is 36.9 Å². The van der Waals surface area contributed by atoms with Crippen molar-refractivity contribution in [3.63, 3.8) is 0 Å². The number of nitrogens with zero attached hydrogens (tertiary/aromatic N) is 1. The highest BCUT2D eigenvalue weighted by Gasteiger charge is 2.35. The Morgan fingerprint density at radius 3 is 3.00 bits per heavy atom. The van der Waals surface area contributed by atoms with Gasteiger partial charge >= 0.3 is 0 Å². The standard InChI is InChI=1S/C12H18N2OS2/c1-12(2,16-3)8-14-10(15)7-13-11(14)9-5-4-6-17-9/h4-6,11,13H,7-8H2,1-3H3. The van der Waals surface area contributed by atoms with Crippen LogP contribution in [0, 0.1) is 0 Å². The van der Waals surface area contributed by atoms with Gasteiger partial charge in [0.1, 0.15) is 6.17 Å². The fraction of sp³-hybridized carbons (Fsp3) is 0.583. The molecule has 1 aliphatic heterocycles.